The molecule has 0 aliphatic carbocycles. The number of likely N-dealkylation sites (tertiary alicyclic amines) is 1. The number of amides is 1. The standard InChI is InChI=1S/C15H19N5O2S/c1-10-18-11(7-14(19-10)16-4-6-22-2)13-3-5-20(13)15(21)12-8-23-9-17-12/h7-9,13H,3-6H2,1-2H3,(H,16,18,19)/t13-/m1/s1. The summed E-state index contributed by atoms with van der Waals surface area (Å²) in [5.41, 5.74) is 3.05. The number of aryl methyl sites for hydroxylation is 1. The highest BCUT2D eigenvalue weighted by Crippen LogP contribution is 2.34. The highest BCUT2D eigenvalue weighted by atomic mass is 32.1. The molecule has 1 atom stereocenters. The minimum Gasteiger partial charge on any atom is -0.383 e. The molecule has 1 saturated heterocycles. The molecule has 8 heteroatoms. The number of thiazole rings is 1. The Morgan fingerprint density at radius 1 is 1.52 bits per heavy atom. The van der Waals surface area contributed by atoms with Crippen LogP contribution in [0.15, 0.2) is 17.0 Å². The summed E-state index contributed by atoms with van der Waals surface area (Å²) in [6.45, 7) is 3.88. The fourth-order valence-electron chi connectivity index (χ4n) is 2.54. The zero-order valence-corrected chi connectivity index (χ0v) is 14.0. The Labute approximate surface area is 138 Å². The molecule has 7 nitrogen and oxygen atoms in total. The van der Waals surface area contributed by atoms with Crippen molar-refractivity contribution in [3.63, 3.8) is 0 Å². The van der Waals surface area contributed by atoms with E-state index in [1.807, 2.05) is 17.9 Å². The first kappa shape index (κ1) is 15.8. The number of nitrogens with one attached hydrogen (secondary N) is 1. The Balaban J connectivity index is 1.74. The van der Waals surface area contributed by atoms with Crippen molar-refractivity contribution in [3.8, 4) is 0 Å². The van der Waals surface area contributed by atoms with E-state index in [0.29, 0.717) is 24.7 Å². The Morgan fingerprint density at radius 2 is 2.39 bits per heavy atom. The molecule has 1 fully saturated rings. The SMILES string of the molecule is COCCNc1cc([C@H]2CCN2C(=O)c2cscn2)nc(C)n1. The third-order valence-corrected chi connectivity index (χ3v) is 4.33. The molecule has 3 rings (SSSR count). The van der Waals surface area contributed by atoms with Gasteiger partial charge in [-0.2, -0.15) is 0 Å². The van der Waals surface area contributed by atoms with Gasteiger partial charge in [0.15, 0.2) is 0 Å². The van der Waals surface area contributed by atoms with Crippen LogP contribution in [0.25, 0.3) is 0 Å². The number of anilines is 1. The van der Waals surface area contributed by atoms with Gasteiger partial charge in [0.25, 0.3) is 5.91 Å². The van der Waals surface area contributed by atoms with Gasteiger partial charge in [-0.05, 0) is 13.3 Å². The number of hydrogen-bond donors (Lipinski definition) is 1. The second-order valence-electron chi connectivity index (χ2n) is 5.32. The van der Waals surface area contributed by atoms with E-state index in [9.17, 15) is 4.79 Å². The summed E-state index contributed by atoms with van der Waals surface area (Å²) in [6, 6.07) is 1.90. The topological polar surface area (TPSA) is 80.2 Å². The largest absolute Gasteiger partial charge is 0.383 e. The number of aromatic nitrogens is 3. The molecule has 1 amide bonds. The van der Waals surface area contributed by atoms with Gasteiger partial charge in [0.1, 0.15) is 17.3 Å². The molecule has 1 aliphatic heterocycles. The minimum absolute atomic E-state index is 0.00567. The Hall–Kier alpha value is -2.06. The lowest BCUT2D eigenvalue weighted by Crippen LogP contribution is -2.45. The molecule has 2 aromatic heterocycles. The molecule has 1 N–H and O–H groups in total. The van der Waals surface area contributed by atoms with E-state index in [-0.39, 0.29) is 11.9 Å². The normalized spacial score (nSPS) is 17.0. The van der Waals surface area contributed by atoms with Crippen molar-refractivity contribution in [2.75, 3.05) is 32.1 Å². The Kier molecular flexibility index (Phi) is 4.82. The zero-order chi connectivity index (χ0) is 16.2. The molecule has 0 aromatic carbocycles. The van der Waals surface area contributed by atoms with Crippen molar-refractivity contribution in [1.82, 2.24) is 19.9 Å². The van der Waals surface area contributed by atoms with Gasteiger partial charge in [-0.1, -0.05) is 0 Å². The van der Waals surface area contributed by atoms with Gasteiger partial charge in [-0.25, -0.2) is 15.0 Å². The fraction of sp³-hybridized carbons (Fsp3) is 0.467. The first-order valence-electron chi connectivity index (χ1n) is 7.46. The molecular formula is C15H19N5O2S. The van der Waals surface area contributed by atoms with Crippen LogP contribution in [-0.2, 0) is 4.74 Å². The van der Waals surface area contributed by atoms with E-state index in [1.54, 1.807) is 18.0 Å². The van der Waals surface area contributed by atoms with Crippen molar-refractivity contribution in [2.45, 2.75) is 19.4 Å². The van der Waals surface area contributed by atoms with Crippen molar-refractivity contribution in [2.24, 2.45) is 0 Å². The number of ether oxygens (including phenoxy) is 1. The first-order chi connectivity index (χ1) is 11.2. The van der Waals surface area contributed by atoms with Gasteiger partial charge in [0.2, 0.25) is 0 Å². The second-order valence-corrected chi connectivity index (χ2v) is 6.04. The molecule has 0 radical (unpaired) electrons. The minimum atomic E-state index is -0.0346. The van der Waals surface area contributed by atoms with Crippen LogP contribution in [0.4, 0.5) is 5.82 Å². The molecule has 23 heavy (non-hydrogen) atoms. The van der Waals surface area contributed by atoms with Crippen LogP contribution in [0.3, 0.4) is 0 Å². The number of carbonyl (C=O) groups excluding carboxylic acids is 1. The number of methoxy groups -OCH3 is 1. The Morgan fingerprint density at radius 3 is 3.04 bits per heavy atom. The predicted octanol–water partition coefficient (Wildman–Crippen LogP) is 1.89. The Bertz CT molecular complexity index is 677. The van der Waals surface area contributed by atoms with Gasteiger partial charge in [0, 0.05) is 31.6 Å². The van der Waals surface area contributed by atoms with Crippen LogP contribution < -0.4 is 5.32 Å². The van der Waals surface area contributed by atoms with E-state index in [0.717, 1.165) is 24.5 Å². The average molecular weight is 333 g/mol. The fourth-order valence-corrected chi connectivity index (χ4v) is 3.06. The molecule has 0 saturated carbocycles. The van der Waals surface area contributed by atoms with Crippen molar-refractivity contribution >= 4 is 23.1 Å². The number of rotatable bonds is 6. The molecule has 2 aromatic rings. The van der Waals surface area contributed by atoms with Gasteiger partial charge in [-0.15, -0.1) is 11.3 Å². The van der Waals surface area contributed by atoms with Crippen LogP contribution >= 0.6 is 11.3 Å². The second kappa shape index (κ2) is 7.01. The lowest BCUT2D eigenvalue weighted by atomic mass is 9.98. The number of hydrogen-bond acceptors (Lipinski definition) is 7. The maximum absolute atomic E-state index is 12.4. The molecule has 3 heterocycles. The van der Waals surface area contributed by atoms with Gasteiger partial charge in [0.05, 0.1) is 23.9 Å². The molecule has 122 valence electrons. The molecule has 1 aliphatic rings. The zero-order valence-electron chi connectivity index (χ0n) is 13.2. The van der Waals surface area contributed by atoms with E-state index < -0.39 is 0 Å². The maximum atomic E-state index is 12.4. The number of nitrogens with zero attached hydrogens (tertiary/aromatic N) is 4. The van der Waals surface area contributed by atoms with Crippen molar-refractivity contribution in [1.29, 1.82) is 0 Å². The summed E-state index contributed by atoms with van der Waals surface area (Å²) < 4.78 is 5.03. The first-order valence-corrected chi connectivity index (χ1v) is 8.41. The van der Waals surface area contributed by atoms with Crippen LogP contribution in [0.2, 0.25) is 0 Å². The third kappa shape index (κ3) is 3.48. The van der Waals surface area contributed by atoms with Crippen molar-refractivity contribution < 1.29 is 9.53 Å². The highest BCUT2D eigenvalue weighted by molar-refractivity contribution is 7.07. The quantitative estimate of drug-likeness (QED) is 0.813. The maximum Gasteiger partial charge on any atom is 0.273 e. The lowest BCUT2D eigenvalue weighted by Gasteiger charge is -2.40. The van der Waals surface area contributed by atoms with Gasteiger partial charge in [-0.3, -0.25) is 4.79 Å². The summed E-state index contributed by atoms with van der Waals surface area (Å²) in [5.74, 6) is 1.42. The molecule has 0 spiro atoms. The predicted molar refractivity (Wildman–Crippen MR) is 87.6 cm³/mol. The van der Waals surface area contributed by atoms with E-state index in [2.05, 4.69) is 20.3 Å². The summed E-state index contributed by atoms with van der Waals surface area (Å²) in [5, 5.41) is 4.99. The van der Waals surface area contributed by atoms with Gasteiger partial charge < -0.3 is 15.0 Å². The van der Waals surface area contributed by atoms with Gasteiger partial charge >= 0.3 is 0 Å². The van der Waals surface area contributed by atoms with Crippen LogP contribution in [0.5, 0.6) is 0 Å². The summed E-state index contributed by atoms with van der Waals surface area (Å²) in [4.78, 5) is 27.2. The van der Waals surface area contributed by atoms with E-state index in [1.165, 1.54) is 11.3 Å². The van der Waals surface area contributed by atoms with Crippen LogP contribution in [0.1, 0.15) is 34.5 Å². The summed E-state index contributed by atoms with van der Waals surface area (Å²) in [6.07, 6.45) is 0.907. The van der Waals surface area contributed by atoms with Crippen LogP contribution in [-0.4, -0.2) is 52.6 Å². The lowest BCUT2D eigenvalue weighted by molar-refractivity contribution is 0.0445. The summed E-state index contributed by atoms with van der Waals surface area (Å²) >= 11 is 1.43. The molecular weight excluding hydrogens is 314 g/mol. The van der Waals surface area contributed by atoms with E-state index >= 15 is 0 Å². The molecule has 0 bridgehead atoms. The highest BCUT2D eigenvalue weighted by Gasteiger charge is 2.35. The smallest absolute Gasteiger partial charge is 0.273 e. The van der Waals surface area contributed by atoms with E-state index in [4.69, 9.17) is 4.74 Å². The average Bonchev–Trinajstić information content (AvgIpc) is 3.00. The van der Waals surface area contributed by atoms with Crippen LogP contribution in [0, 0.1) is 6.92 Å². The molecule has 0 unspecified atom stereocenters. The number of carbonyl (C=O) groups is 1. The monoisotopic (exact) mass is 333 g/mol. The van der Waals surface area contributed by atoms with Crippen molar-refractivity contribution in [3.05, 3.63) is 34.2 Å². The summed E-state index contributed by atoms with van der Waals surface area (Å²) in [7, 11) is 1.66. The third-order valence-electron chi connectivity index (χ3n) is 3.74.